The quantitative estimate of drug-likeness (QED) is 0.606. The van der Waals surface area contributed by atoms with Gasteiger partial charge in [0.05, 0.1) is 19.3 Å². The molecule has 0 aromatic carbocycles. The van der Waals surface area contributed by atoms with Gasteiger partial charge >= 0.3 is 0 Å². The minimum Gasteiger partial charge on any atom is -0.252 e. The second-order valence-corrected chi connectivity index (χ2v) is 3.97. The van der Waals surface area contributed by atoms with Crippen molar-refractivity contribution in [2.45, 2.75) is 6.54 Å². The molecule has 0 atom stereocenters. The first-order chi connectivity index (χ1) is 5.64. The van der Waals surface area contributed by atoms with E-state index in [-0.39, 0.29) is 12.3 Å². The molecule has 0 aliphatic heterocycles. The minimum absolute atomic E-state index is 0.104. The molecule has 0 unspecified atom stereocenters. The van der Waals surface area contributed by atoms with Crippen LogP contribution < -0.4 is 4.72 Å². The van der Waals surface area contributed by atoms with Crippen LogP contribution in [0.25, 0.3) is 0 Å². The summed E-state index contributed by atoms with van der Waals surface area (Å²) >= 11 is 0. The topological polar surface area (TPSA) is 76.9 Å². The van der Waals surface area contributed by atoms with E-state index in [2.05, 4.69) is 10.1 Å². The lowest BCUT2D eigenvalue weighted by atomic mass is 10.8. The number of nitrogens with one attached hydrogen (secondary N) is 1. The first-order valence-electron chi connectivity index (χ1n) is 3.16. The maximum absolute atomic E-state index is 10.8. The van der Waals surface area contributed by atoms with Crippen LogP contribution in [-0.2, 0) is 16.6 Å². The van der Waals surface area contributed by atoms with E-state index >= 15 is 0 Å². The molecule has 6 nitrogen and oxygen atoms in total. The highest BCUT2D eigenvalue weighted by molar-refractivity contribution is 7.89. The molecule has 2 radical (unpaired) electrons. The lowest BCUT2D eigenvalue weighted by Gasteiger charge is -2.00. The molecule has 1 N–H and O–H groups in total. The van der Waals surface area contributed by atoms with E-state index in [1.165, 1.54) is 17.3 Å². The first kappa shape index (κ1) is 9.14. The molecule has 0 fully saturated rings. The molecule has 7 heteroatoms. The fraction of sp³-hybridized carbons (Fsp3) is 0.400. The average Bonchev–Trinajstić information content (AvgIpc) is 2.53. The Hall–Kier alpha value is -0.950. The van der Waals surface area contributed by atoms with Gasteiger partial charge in [0, 0.05) is 0 Å². The summed E-state index contributed by atoms with van der Waals surface area (Å²) in [6.45, 7) is 0.243. The van der Waals surface area contributed by atoms with Crippen LogP contribution in [0.5, 0.6) is 0 Å². The number of nitrogens with zero attached hydrogens (tertiary/aromatic N) is 3. The zero-order chi connectivity index (χ0) is 9.03. The normalized spacial score (nSPS) is 11.8. The van der Waals surface area contributed by atoms with Crippen molar-refractivity contribution in [1.82, 2.24) is 19.5 Å². The number of aryl methyl sites for hydroxylation is 1. The zero-order valence-corrected chi connectivity index (χ0v) is 7.03. The van der Waals surface area contributed by atoms with Crippen molar-refractivity contribution < 1.29 is 8.42 Å². The summed E-state index contributed by atoms with van der Waals surface area (Å²) in [4.78, 5) is 3.65. The van der Waals surface area contributed by atoms with Crippen molar-refractivity contribution >= 4 is 10.0 Å². The molecule has 0 aliphatic carbocycles. The predicted octanol–water partition coefficient (Wildman–Crippen LogP) is -1.13. The third kappa shape index (κ3) is 2.59. The number of aromatic nitrogens is 3. The van der Waals surface area contributed by atoms with E-state index in [4.69, 9.17) is 7.05 Å². The number of sulfonamides is 1. The Balaban J connectivity index is 2.47. The molecule has 0 saturated heterocycles. The molecule has 1 heterocycles. The summed E-state index contributed by atoms with van der Waals surface area (Å²) in [6.07, 6.45) is 2.77. The Kier molecular flexibility index (Phi) is 2.77. The van der Waals surface area contributed by atoms with Gasteiger partial charge in [-0.2, -0.15) is 5.10 Å². The Morgan fingerprint density at radius 3 is 2.83 bits per heavy atom. The molecule has 1 aromatic heterocycles. The van der Waals surface area contributed by atoms with E-state index < -0.39 is 10.0 Å². The average molecular weight is 188 g/mol. The second-order valence-electron chi connectivity index (χ2n) is 2.10. The molecule has 0 aliphatic rings. The molecule has 1 rings (SSSR count). The van der Waals surface area contributed by atoms with Crippen molar-refractivity contribution in [2.24, 2.45) is 0 Å². The fourth-order valence-electron chi connectivity index (χ4n) is 0.621. The third-order valence-corrected chi connectivity index (χ3v) is 2.31. The summed E-state index contributed by atoms with van der Waals surface area (Å²) in [7, 11) is 1.41. The van der Waals surface area contributed by atoms with Crippen molar-refractivity contribution in [3.05, 3.63) is 19.7 Å². The second kappa shape index (κ2) is 3.63. The van der Waals surface area contributed by atoms with Crippen LogP contribution in [0.2, 0.25) is 0 Å². The molecular weight excluding hydrogens is 180 g/mol. The predicted molar refractivity (Wildman–Crippen MR) is 41.2 cm³/mol. The highest BCUT2D eigenvalue weighted by Crippen LogP contribution is 1.86. The fourth-order valence-corrected chi connectivity index (χ4v) is 1.17. The standard InChI is InChI=1S/C5H8N4O2S/c1-6-12(10,11)3-2-9-5-7-4-8-9/h1,4-6H,2-3H2. The van der Waals surface area contributed by atoms with E-state index in [0.717, 1.165) is 0 Å². The van der Waals surface area contributed by atoms with Crippen molar-refractivity contribution in [1.29, 1.82) is 0 Å². The zero-order valence-electron chi connectivity index (χ0n) is 6.21. The summed E-state index contributed by atoms with van der Waals surface area (Å²) in [5.74, 6) is -0.104. The number of hydrogen-bond acceptors (Lipinski definition) is 4. The largest absolute Gasteiger partial charge is 0.252 e. The summed E-state index contributed by atoms with van der Waals surface area (Å²) in [5.41, 5.74) is 0. The third-order valence-electron chi connectivity index (χ3n) is 1.24. The van der Waals surface area contributed by atoms with Gasteiger partial charge in [0.15, 0.2) is 0 Å². The summed E-state index contributed by atoms with van der Waals surface area (Å²) < 4.78 is 24.7. The highest BCUT2D eigenvalue weighted by Gasteiger charge is 2.06. The van der Waals surface area contributed by atoms with Gasteiger partial charge in [-0.3, -0.25) is 4.68 Å². The van der Waals surface area contributed by atoms with E-state index in [9.17, 15) is 8.42 Å². The lowest BCUT2D eigenvalue weighted by molar-refractivity contribution is 0.575. The molecule has 0 saturated carbocycles. The molecule has 0 amide bonds. The van der Waals surface area contributed by atoms with Crippen LogP contribution in [0, 0.1) is 7.05 Å². The van der Waals surface area contributed by atoms with E-state index in [1.54, 1.807) is 4.72 Å². The van der Waals surface area contributed by atoms with Gasteiger partial charge in [0.1, 0.15) is 12.7 Å². The van der Waals surface area contributed by atoms with Gasteiger partial charge in [-0.25, -0.2) is 18.1 Å². The van der Waals surface area contributed by atoms with E-state index in [1.807, 2.05) is 0 Å². The SMILES string of the molecule is [CH]NS(=O)(=O)CCn1cncn1. The molecule has 66 valence electrons. The van der Waals surface area contributed by atoms with Crippen LogP contribution in [-0.4, -0.2) is 28.9 Å². The first-order valence-corrected chi connectivity index (χ1v) is 4.82. The molecule has 0 bridgehead atoms. The maximum Gasteiger partial charge on any atom is 0.213 e. The Labute approximate surface area is 70.7 Å². The Morgan fingerprint density at radius 1 is 1.58 bits per heavy atom. The van der Waals surface area contributed by atoms with Crippen molar-refractivity contribution in [2.75, 3.05) is 5.75 Å². The molecule has 12 heavy (non-hydrogen) atoms. The summed E-state index contributed by atoms with van der Waals surface area (Å²) in [6, 6.07) is 0. The van der Waals surface area contributed by atoms with Crippen molar-refractivity contribution in [3.63, 3.8) is 0 Å². The van der Waals surface area contributed by atoms with Crippen LogP contribution >= 0.6 is 0 Å². The van der Waals surface area contributed by atoms with Crippen molar-refractivity contribution in [3.8, 4) is 0 Å². The van der Waals surface area contributed by atoms with Gasteiger partial charge in [-0.15, -0.1) is 0 Å². The van der Waals surface area contributed by atoms with Crippen LogP contribution in [0.1, 0.15) is 0 Å². The number of rotatable bonds is 4. The monoisotopic (exact) mass is 188 g/mol. The van der Waals surface area contributed by atoms with Crippen LogP contribution in [0.3, 0.4) is 0 Å². The Morgan fingerprint density at radius 2 is 2.33 bits per heavy atom. The van der Waals surface area contributed by atoms with Gasteiger partial charge in [-0.05, 0) is 0 Å². The summed E-state index contributed by atoms with van der Waals surface area (Å²) in [5, 5.41) is 3.73. The highest BCUT2D eigenvalue weighted by atomic mass is 32.2. The van der Waals surface area contributed by atoms with E-state index in [0.29, 0.717) is 0 Å². The van der Waals surface area contributed by atoms with Crippen LogP contribution in [0.15, 0.2) is 12.7 Å². The number of hydrogen-bond donors (Lipinski definition) is 1. The van der Waals surface area contributed by atoms with Gasteiger partial charge in [0.2, 0.25) is 10.0 Å². The van der Waals surface area contributed by atoms with Crippen LogP contribution in [0.4, 0.5) is 0 Å². The maximum atomic E-state index is 10.8. The van der Waals surface area contributed by atoms with Gasteiger partial charge in [-0.1, -0.05) is 0 Å². The minimum atomic E-state index is -3.36. The molecular formula is C5H8N4O2S. The lowest BCUT2D eigenvalue weighted by Crippen LogP contribution is -2.23. The van der Waals surface area contributed by atoms with Gasteiger partial charge < -0.3 is 0 Å². The molecule has 1 aromatic rings. The Bertz CT molecular complexity index is 317. The smallest absolute Gasteiger partial charge is 0.213 e. The molecule has 0 spiro atoms. The van der Waals surface area contributed by atoms with Gasteiger partial charge in [0.25, 0.3) is 0 Å².